The van der Waals surface area contributed by atoms with Crippen molar-refractivity contribution in [2.75, 3.05) is 14.2 Å². The molecule has 2 unspecified atom stereocenters. The minimum atomic E-state index is -4.80. The number of methoxy groups -OCH3 is 2. The molecule has 0 bridgehead atoms. The fraction of sp³-hybridized carbons (Fsp3) is 0.226. The van der Waals surface area contributed by atoms with E-state index in [-0.39, 0.29) is 16.0 Å². The predicted molar refractivity (Wildman–Crippen MR) is 152 cm³/mol. The van der Waals surface area contributed by atoms with Crippen molar-refractivity contribution in [2.45, 2.75) is 37.5 Å². The van der Waals surface area contributed by atoms with Gasteiger partial charge in [0.05, 0.1) is 5.56 Å². The molecule has 0 spiro atoms. The van der Waals surface area contributed by atoms with Crippen LogP contribution in [-0.2, 0) is 25.8 Å². The lowest BCUT2D eigenvalue weighted by Gasteiger charge is -2.18. The molecule has 0 heterocycles. The predicted octanol–water partition coefficient (Wildman–Crippen LogP) is 7.70. The Bertz CT molecular complexity index is 1540. The van der Waals surface area contributed by atoms with Crippen LogP contribution >= 0.6 is 0 Å². The highest BCUT2D eigenvalue weighted by atomic mass is 32.2. The number of benzene rings is 4. The Balaban J connectivity index is 1.92. The normalized spacial score (nSPS) is 13.4. The van der Waals surface area contributed by atoms with Gasteiger partial charge in [-0.1, -0.05) is 36.4 Å². The fourth-order valence-corrected chi connectivity index (χ4v) is 5.17. The van der Waals surface area contributed by atoms with Crippen LogP contribution in [0.25, 0.3) is 33.4 Å². The molecule has 11 heteroatoms. The molecule has 0 aliphatic heterocycles. The molecule has 0 aliphatic carbocycles. The second-order valence-corrected chi connectivity index (χ2v) is 10.7. The SMILES string of the molecule is COC(C)Oc1ccc(-c2cc(-c3ccc(C(F)(F)F)cc3)cc(-c3ccc(OC(C)OC)cc3)c2S(=O)(=O)O)cc1. The van der Waals surface area contributed by atoms with Crippen molar-refractivity contribution >= 4 is 10.1 Å². The fourth-order valence-electron chi connectivity index (χ4n) is 4.26. The largest absolute Gasteiger partial charge is 0.465 e. The van der Waals surface area contributed by atoms with Gasteiger partial charge in [-0.15, -0.1) is 0 Å². The molecule has 2 atom stereocenters. The van der Waals surface area contributed by atoms with Gasteiger partial charge in [0.2, 0.25) is 0 Å². The molecule has 0 saturated carbocycles. The van der Waals surface area contributed by atoms with E-state index in [0.717, 1.165) is 12.1 Å². The third-order valence-electron chi connectivity index (χ3n) is 6.49. The quantitative estimate of drug-likeness (QED) is 0.147. The average molecular weight is 603 g/mol. The highest BCUT2D eigenvalue weighted by Gasteiger charge is 2.30. The molecule has 42 heavy (non-hydrogen) atoms. The van der Waals surface area contributed by atoms with Crippen LogP contribution in [0, 0.1) is 0 Å². The third-order valence-corrected chi connectivity index (χ3v) is 7.45. The molecule has 0 saturated heterocycles. The first-order valence-electron chi connectivity index (χ1n) is 12.7. The summed E-state index contributed by atoms with van der Waals surface area (Å²) >= 11 is 0. The zero-order valence-electron chi connectivity index (χ0n) is 23.2. The maximum absolute atomic E-state index is 13.2. The van der Waals surface area contributed by atoms with Crippen LogP contribution in [0.3, 0.4) is 0 Å². The van der Waals surface area contributed by atoms with E-state index in [2.05, 4.69) is 0 Å². The van der Waals surface area contributed by atoms with Crippen molar-refractivity contribution in [1.82, 2.24) is 0 Å². The summed E-state index contributed by atoms with van der Waals surface area (Å²) in [6.45, 7) is 3.41. The topological polar surface area (TPSA) is 91.3 Å². The Hall–Kier alpha value is -3.90. The lowest BCUT2D eigenvalue weighted by molar-refractivity contribution is -0.137. The number of hydrogen-bond acceptors (Lipinski definition) is 6. The maximum atomic E-state index is 13.2. The Labute approximate surface area is 242 Å². The zero-order valence-corrected chi connectivity index (χ0v) is 24.0. The van der Waals surface area contributed by atoms with Gasteiger partial charge in [-0.2, -0.15) is 21.6 Å². The molecular formula is C31H29F3O7S. The standard InChI is InChI=1S/C31H29F3O7S/c1-19(38-3)40-26-13-7-22(8-14-26)28-17-24(21-5-11-25(12-6-21)31(32,33)34)18-29(30(28)42(35,36)37)23-9-15-27(16-10-23)41-20(2)39-4/h5-20H,1-4H3,(H,35,36,37). The van der Waals surface area contributed by atoms with E-state index >= 15 is 0 Å². The van der Waals surface area contributed by atoms with Crippen molar-refractivity contribution < 1.29 is 45.1 Å². The summed E-state index contributed by atoms with van der Waals surface area (Å²) in [5.41, 5.74) is 1.16. The molecule has 0 radical (unpaired) electrons. The molecule has 4 aromatic rings. The molecule has 0 aliphatic rings. The summed E-state index contributed by atoms with van der Waals surface area (Å²) < 4.78 is 97.3. The molecule has 4 rings (SSSR count). The van der Waals surface area contributed by atoms with Crippen LogP contribution in [0.2, 0.25) is 0 Å². The van der Waals surface area contributed by atoms with Crippen LogP contribution in [0.5, 0.6) is 11.5 Å². The number of hydrogen-bond donors (Lipinski definition) is 1. The molecule has 0 aromatic heterocycles. The molecular weight excluding hydrogens is 573 g/mol. The first kappa shape index (κ1) is 31.0. The summed E-state index contributed by atoms with van der Waals surface area (Å²) in [5, 5.41) is 0. The Morgan fingerprint density at radius 1 is 0.643 bits per heavy atom. The second-order valence-electron chi connectivity index (χ2n) is 9.34. The van der Waals surface area contributed by atoms with Gasteiger partial charge < -0.3 is 18.9 Å². The van der Waals surface area contributed by atoms with E-state index in [9.17, 15) is 26.1 Å². The molecule has 222 valence electrons. The van der Waals surface area contributed by atoms with E-state index in [1.807, 2.05) is 0 Å². The van der Waals surface area contributed by atoms with Gasteiger partial charge in [0.25, 0.3) is 10.1 Å². The van der Waals surface area contributed by atoms with E-state index in [0.29, 0.717) is 33.8 Å². The highest BCUT2D eigenvalue weighted by Crippen LogP contribution is 2.41. The van der Waals surface area contributed by atoms with Crippen molar-refractivity contribution in [1.29, 1.82) is 0 Å². The van der Waals surface area contributed by atoms with E-state index in [1.54, 1.807) is 62.4 Å². The highest BCUT2D eigenvalue weighted by molar-refractivity contribution is 7.86. The van der Waals surface area contributed by atoms with Crippen LogP contribution in [0.4, 0.5) is 13.2 Å². The summed E-state index contributed by atoms with van der Waals surface area (Å²) in [7, 11) is -1.83. The summed E-state index contributed by atoms with van der Waals surface area (Å²) in [6, 6.07) is 20.5. The average Bonchev–Trinajstić information content (AvgIpc) is 2.96. The zero-order chi connectivity index (χ0) is 30.7. The van der Waals surface area contributed by atoms with E-state index in [4.69, 9.17) is 18.9 Å². The summed E-state index contributed by atoms with van der Waals surface area (Å²) in [6.07, 6.45) is -5.58. The first-order chi connectivity index (χ1) is 19.8. The van der Waals surface area contributed by atoms with E-state index < -0.39 is 34.4 Å². The molecule has 0 amide bonds. The van der Waals surface area contributed by atoms with Gasteiger partial charge >= 0.3 is 6.18 Å². The number of alkyl halides is 3. The van der Waals surface area contributed by atoms with Crippen molar-refractivity contribution in [3.63, 3.8) is 0 Å². The van der Waals surface area contributed by atoms with Gasteiger partial charge in [0.15, 0.2) is 12.6 Å². The van der Waals surface area contributed by atoms with Crippen LogP contribution in [0.1, 0.15) is 19.4 Å². The lowest BCUT2D eigenvalue weighted by atomic mass is 9.92. The smallest absolute Gasteiger partial charge is 0.416 e. The Morgan fingerprint density at radius 3 is 1.36 bits per heavy atom. The van der Waals surface area contributed by atoms with Gasteiger partial charge in [-0.25, -0.2) is 0 Å². The van der Waals surface area contributed by atoms with Crippen molar-refractivity contribution in [3.05, 3.63) is 90.5 Å². The molecule has 7 nitrogen and oxygen atoms in total. The Morgan fingerprint density at radius 2 is 1.02 bits per heavy atom. The van der Waals surface area contributed by atoms with Crippen LogP contribution < -0.4 is 9.47 Å². The number of rotatable bonds is 10. The van der Waals surface area contributed by atoms with Crippen molar-refractivity contribution in [3.8, 4) is 44.9 Å². The van der Waals surface area contributed by atoms with Gasteiger partial charge in [-0.3, -0.25) is 4.55 Å². The number of ether oxygens (including phenoxy) is 4. The molecule has 1 N–H and O–H groups in total. The maximum Gasteiger partial charge on any atom is 0.416 e. The minimum absolute atomic E-state index is 0.143. The lowest BCUT2D eigenvalue weighted by Crippen LogP contribution is -2.13. The third kappa shape index (κ3) is 7.29. The Kier molecular flexibility index (Phi) is 9.27. The van der Waals surface area contributed by atoms with Crippen LogP contribution in [-0.4, -0.2) is 39.8 Å². The molecule has 0 fully saturated rings. The van der Waals surface area contributed by atoms with Crippen molar-refractivity contribution in [2.24, 2.45) is 0 Å². The minimum Gasteiger partial charge on any atom is -0.465 e. The van der Waals surface area contributed by atoms with Crippen LogP contribution in [0.15, 0.2) is 89.8 Å². The van der Waals surface area contributed by atoms with Gasteiger partial charge in [0, 0.05) is 25.3 Å². The monoisotopic (exact) mass is 602 g/mol. The number of halogens is 3. The van der Waals surface area contributed by atoms with Gasteiger partial charge in [-0.05, 0) is 84.6 Å². The molecule has 4 aromatic carbocycles. The van der Waals surface area contributed by atoms with Gasteiger partial charge in [0.1, 0.15) is 16.4 Å². The first-order valence-corrected chi connectivity index (χ1v) is 14.2. The second kappa shape index (κ2) is 12.5. The summed E-state index contributed by atoms with van der Waals surface area (Å²) in [4.78, 5) is -0.365. The summed E-state index contributed by atoms with van der Waals surface area (Å²) in [5.74, 6) is 0.919. The van der Waals surface area contributed by atoms with E-state index in [1.165, 1.54) is 38.5 Å².